The third kappa shape index (κ3) is 2.43. The van der Waals surface area contributed by atoms with Crippen molar-refractivity contribution < 1.29 is 14.6 Å². The van der Waals surface area contributed by atoms with Gasteiger partial charge in [-0.15, -0.1) is 0 Å². The standard InChI is InChI=1S/C17H13NO3/c1-21-16-10-12(7-8-18-16)14-4-2-3-11-5-6-13(17(19)20)9-15(11)14/h2-10H,1H3,(H,19,20). The Labute approximate surface area is 121 Å². The van der Waals surface area contributed by atoms with Crippen molar-refractivity contribution >= 4 is 16.7 Å². The van der Waals surface area contributed by atoms with Crippen molar-refractivity contribution in [1.82, 2.24) is 4.98 Å². The summed E-state index contributed by atoms with van der Waals surface area (Å²) in [6.07, 6.45) is 1.67. The van der Waals surface area contributed by atoms with E-state index >= 15 is 0 Å². The fraction of sp³-hybridized carbons (Fsp3) is 0.0588. The summed E-state index contributed by atoms with van der Waals surface area (Å²) in [4.78, 5) is 15.3. The number of methoxy groups -OCH3 is 1. The Hall–Kier alpha value is -2.88. The number of fused-ring (bicyclic) bond motifs is 1. The van der Waals surface area contributed by atoms with Crippen LogP contribution in [0.2, 0.25) is 0 Å². The number of nitrogens with zero attached hydrogens (tertiary/aromatic N) is 1. The molecule has 0 fully saturated rings. The summed E-state index contributed by atoms with van der Waals surface area (Å²) in [6, 6.07) is 14.7. The number of aromatic nitrogens is 1. The maximum Gasteiger partial charge on any atom is 0.335 e. The third-order valence-electron chi connectivity index (χ3n) is 3.38. The third-order valence-corrected chi connectivity index (χ3v) is 3.38. The monoisotopic (exact) mass is 279 g/mol. The quantitative estimate of drug-likeness (QED) is 0.795. The van der Waals surface area contributed by atoms with Crippen LogP contribution in [-0.4, -0.2) is 23.2 Å². The normalized spacial score (nSPS) is 10.5. The molecule has 0 unspecified atom stereocenters. The Morgan fingerprint density at radius 2 is 2.00 bits per heavy atom. The Balaban J connectivity index is 2.25. The van der Waals surface area contributed by atoms with Gasteiger partial charge in [0.25, 0.3) is 0 Å². The summed E-state index contributed by atoms with van der Waals surface area (Å²) in [6.45, 7) is 0. The van der Waals surface area contributed by atoms with E-state index in [-0.39, 0.29) is 5.56 Å². The molecule has 0 amide bonds. The minimum Gasteiger partial charge on any atom is -0.481 e. The minimum atomic E-state index is -0.931. The molecule has 0 saturated carbocycles. The van der Waals surface area contributed by atoms with Gasteiger partial charge in [0.1, 0.15) is 0 Å². The maximum absolute atomic E-state index is 11.2. The van der Waals surface area contributed by atoms with Gasteiger partial charge in [-0.1, -0.05) is 24.3 Å². The highest BCUT2D eigenvalue weighted by molar-refractivity contribution is 6.01. The predicted octanol–water partition coefficient (Wildman–Crippen LogP) is 3.61. The molecule has 3 rings (SSSR count). The summed E-state index contributed by atoms with van der Waals surface area (Å²) < 4.78 is 5.15. The molecule has 1 heterocycles. The number of ether oxygens (including phenoxy) is 1. The Bertz CT molecular complexity index is 827. The van der Waals surface area contributed by atoms with E-state index in [0.29, 0.717) is 5.88 Å². The highest BCUT2D eigenvalue weighted by Crippen LogP contribution is 2.30. The zero-order valence-electron chi connectivity index (χ0n) is 11.4. The van der Waals surface area contributed by atoms with Crippen LogP contribution in [-0.2, 0) is 0 Å². The second-order valence-corrected chi connectivity index (χ2v) is 4.63. The number of aromatic carboxylic acids is 1. The van der Waals surface area contributed by atoms with Crippen LogP contribution in [0.25, 0.3) is 21.9 Å². The molecule has 0 radical (unpaired) electrons. The average Bonchev–Trinajstić information content (AvgIpc) is 2.53. The molecule has 0 bridgehead atoms. The molecule has 0 aliphatic rings. The van der Waals surface area contributed by atoms with Crippen LogP contribution in [0.5, 0.6) is 5.88 Å². The van der Waals surface area contributed by atoms with Gasteiger partial charge in [-0.05, 0) is 40.1 Å². The molecule has 0 spiro atoms. The van der Waals surface area contributed by atoms with E-state index in [2.05, 4.69) is 4.98 Å². The second-order valence-electron chi connectivity index (χ2n) is 4.63. The lowest BCUT2D eigenvalue weighted by Crippen LogP contribution is -1.96. The molecular formula is C17H13NO3. The zero-order valence-corrected chi connectivity index (χ0v) is 11.4. The molecule has 4 heteroatoms. The molecule has 0 atom stereocenters. The maximum atomic E-state index is 11.2. The van der Waals surface area contributed by atoms with Gasteiger partial charge in [0.15, 0.2) is 0 Å². The molecule has 2 aromatic carbocycles. The molecule has 104 valence electrons. The van der Waals surface area contributed by atoms with E-state index in [1.807, 2.05) is 36.4 Å². The van der Waals surface area contributed by atoms with Crippen molar-refractivity contribution in [3.8, 4) is 17.0 Å². The lowest BCUT2D eigenvalue weighted by Gasteiger charge is -2.09. The first-order valence-corrected chi connectivity index (χ1v) is 6.45. The highest BCUT2D eigenvalue weighted by atomic mass is 16.5. The first kappa shape index (κ1) is 13.1. The summed E-state index contributed by atoms with van der Waals surface area (Å²) in [5.74, 6) is -0.405. The second kappa shape index (κ2) is 5.25. The van der Waals surface area contributed by atoms with Crippen molar-refractivity contribution in [3.63, 3.8) is 0 Å². The lowest BCUT2D eigenvalue weighted by atomic mass is 9.97. The summed E-state index contributed by atoms with van der Waals surface area (Å²) in [5, 5.41) is 11.0. The molecule has 0 saturated heterocycles. The SMILES string of the molecule is COc1cc(-c2cccc3ccc(C(=O)O)cc23)ccn1. The largest absolute Gasteiger partial charge is 0.481 e. The number of hydrogen-bond donors (Lipinski definition) is 1. The molecule has 0 aliphatic carbocycles. The van der Waals surface area contributed by atoms with Crippen LogP contribution in [0.1, 0.15) is 10.4 Å². The van der Waals surface area contributed by atoms with Crippen molar-refractivity contribution in [1.29, 1.82) is 0 Å². The van der Waals surface area contributed by atoms with E-state index in [1.54, 1.807) is 25.4 Å². The van der Waals surface area contributed by atoms with Crippen LogP contribution < -0.4 is 4.74 Å². The van der Waals surface area contributed by atoms with Crippen molar-refractivity contribution in [3.05, 3.63) is 60.3 Å². The van der Waals surface area contributed by atoms with Gasteiger partial charge in [-0.25, -0.2) is 9.78 Å². The number of rotatable bonds is 3. The van der Waals surface area contributed by atoms with Gasteiger partial charge >= 0.3 is 5.97 Å². The molecule has 1 N–H and O–H groups in total. The Kier molecular flexibility index (Phi) is 3.28. The van der Waals surface area contributed by atoms with Crippen LogP contribution in [0, 0.1) is 0 Å². The van der Waals surface area contributed by atoms with E-state index in [4.69, 9.17) is 9.84 Å². The van der Waals surface area contributed by atoms with Crippen LogP contribution in [0.3, 0.4) is 0 Å². The fourth-order valence-corrected chi connectivity index (χ4v) is 2.35. The van der Waals surface area contributed by atoms with Gasteiger partial charge in [0.05, 0.1) is 12.7 Å². The summed E-state index contributed by atoms with van der Waals surface area (Å²) in [5.41, 5.74) is 2.17. The van der Waals surface area contributed by atoms with E-state index in [1.165, 1.54) is 0 Å². The van der Waals surface area contributed by atoms with Gasteiger partial charge < -0.3 is 9.84 Å². The smallest absolute Gasteiger partial charge is 0.335 e. The Morgan fingerprint density at radius 1 is 1.14 bits per heavy atom. The van der Waals surface area contributed by atoms with E-state index < -0.39 is 5.97 Å². The van der Waals surface area contributed by atoms with Crippen molar-refractivity contribution in [2.45, 2.75) is 0 Å². The lowest BCUT2D eigenvalue weighted by molar-refractivity contribution is 0.0697. The van der Waals surface area contributed by atoms with Gasteiger partial charge in [-0.3, -0.25) is 0 Å². The number of carbonyl (C=O) groups is 1. The van der Waals surface area contributed by atoms with E-state index in [0.717, 1.165) is 21.9 Å². The zero-order chi connectivity index (χ0) is 14.8. The predicted molar refractivity (Wildman–Crippen MR) is 80.7 cm³/mol. The Morgan fingerprint density at radius 3 is 2.76 bits per heavy atom. The average molecular weight is 279 g/mol. The number of pyridine rings is 1. The van der Waals surface area contributed by atoms with Gasteiger partial charge in [-0.2, -0.15) is 0 Å². The number of benzene rings is 2. The molecule has 21 heavy (non-hydrogen) atoms. The van der Waals surface area contributed by atoms with Crippen LogP contribution >= 0.6 is 0 Å². The number of carboxylic acids is 1. The van der Waals surface area contributed by atoms with Crippen LogP contribution in [0.15, 0.2) is 54.7 Å². The van der Waals surface area contributed by atoms with Crippen molar-refractivity contribution in [2.75, 3.05) is 7.11 Å². The molecule has 4 nitrogen and oxygen atoms in total. The van der Waals surface area contributed by atoms with E-state index in [9.17, 15) is 4.79 Å². The molecular weight excluding hydrogens is 266 g/mol. The fourth-order valence-electron chi connectivity index (χ4n) is 2.35. The summed E-state index contributed by atoms with van der Waals surface area (Å²) >= 11 is 0. The van der Waals surface area contributed by atoms with Crippen LogP contribution in [0.4, 0.5) is 0 Å². The number of hydrogen-bond acceptors (Lipinski definition) is 3. The van der Waals surface area contributed by atoms with Crippen molar-refractivity contribution in [2.24, 2.45) is 0 Å². The number of carboxylic acid groups (broad SMARTS) is 1. The van der Waals surface area contributed by atoms with Gasteiger partial charge in [0.2, 0.25) is 5.88 Å². The highest BCUT2D eigenvalue weighted by Gasteiger charge is 2.09. The topological polar surface area (TPSA) is 59.4 Å². The first-order valence-electron chi connectivity index (χ1n) is 6.45. The minimum absolute atomic E-state index is 0.274. The summed E-state index contributed by atoms with van der Waals surface area (Å²) in [7, 11) is 1.57. The molecule has 3 aromatic rings. The molecule has 0 aliphatic heterocycles. The van der Waals surface area contributed by atoms with Gasteiger partial charge in [0, 0.05) is 12.3 Å². The first-order chi connectivity index (χ1) is 10.2. The molecule has 1 aromatic heterocycles.